The van der Waals surface area contributed by atoms with Crippen LogP contribution in [0.15, 0.2) is 24.3 Å². The summed E-state index contributed by atoms with van der Waals surface area (Å²) in [6.07, 6.45) is 2.14. The number of aliphatic hydroxyl groups is 1. The van der Waals surface area contributed by atoms with Crippen molar-refractivity contribution in [3.05, 3.63) is 29.8 Å². The SMILES string of the molecule is CC(C)(C)NCc1ccc(N2CCC(CCO)C2)cc1. The van der Waals surface area contributed by atoms with Gasteiger partial charge in [0.1, 0.15) is 0 Å². The van der Waals surface area contributed by atoms with E-state index in [4.69, 9.17) is 5.11 Å². The molecule has 1 fully saturated rings. The van der Waals surface area contributed by atoms with Crippen LogP contribution in [0.2, 0.25) is 0 Å². The molecule has 20 heavy (non-hydrogen) atoms. The molecule has 1 unspecified atom stereocenters. The van der Waals surface area contributed by atoms with Crippen LogP contribution >= 0.6 is 0 Å². The lowest BCUT2D eigenvalue weighted by atomic mass is 10.1. The quantitative estimate of drug-likeness (QED) is 0.868. The first-order valence-electron chi connectivity index (χ1n) is 7.68. The second-order valence-electron chi connectivity index (χ2n) is 6.88. The van der Waals surface area contributed by atoms with E-state index < -0.39 is 0 Å². The van der Waals surface area contributed by atoms with Gasteiger partial charge in [0, 0.05) is 37.5 Å². The Morgan fingerprint density at radius 2 is 1.95 bits per heavy atom. The largest absolute Gasteiger partial charge is 0.396 e. The van der Waals surface area contributed by atoms with Crippen LogP contribution in [0.1, 0.15) is 39.2 Å². The molecule has 0 saturated carbocycles. The molecule has 0 spiro atoms. The highest BCUT2D eigenvalue weighted by atomic mass is 16.3. The Labute approximate surface area is 123 Å². The molecule has 0 aliphatic carbocycles. The van der Waals surface area contributed by atoms with Crippen LogP contribution in [-0.4, -0.2) is 30.3 Å². The van der Waals surface area contributed by atoms with Gasteiger partial charge in [-0.25, -0.2) is 0 Å². The first-order chi connectivity index (χ1) is 9.48. The minimum absolute atomic E-state index is 0.158. The third-order valence-electron chi connectivity index (χ3n) is 3.95. The van der Waals surface area contributed by atoms with E-state index in [1.54, 1.807) is 0 Å². The maximum Gasteiger partial charge on any atom is 0.0434 e. The molecule has 2 rings (SSSR count). The average molecular weight is 276 g/mol. The fourth-order valence-corrected chi connectivity index (χ4v) is 2.68. The minimum atomic E-state index is 0.158. The molecule has 1 aromatic rings. The first kappa shape index (κ1) is 15.3. The van der Waals surface area contributed by atoms with E-state index in [0.29, 0.717) is 12.5 Å². The summed E-state index contributed by atoms with van der Waals surface area (Å²) in [6, 6.07) is 8.88. The third-order valence-corrected chi connectivity index (χ3v) is 3.95. The highest BCUT2D eigenvalue weighted by Crippen LogP contribution is 2.25. The molecule has 0 amide bonds. The van der Waals surface area contributed by atoms with Crippen LogP contribution < -0.4 is 10.2 Å². The van der Waals surface area contributed by atoms with E-state index in [2.05, 4.69) is 55.3 Å². The van der Waals surface area contributed by atoms with Crippen molar-refractivity contribution < 1.29 is 5.11 Å². The molecule has 3 heteroatoms. The summed E-state index contributed by atoms with van der Waals surface area (Å²) in [4.78, 5) is 2.43. The van der Waals surface area contributed by atoms with Gasteiger partial charge in [-0.1, -0.05) is 12.1 Å². The zero-order valence-corrected chi connectivity index (χ0v) is 13.0. The van der Waals surface area contributed by atoms with Gasteiger partial charge in [0.2, 0.25) is 0 Å². The van der Waals surface area contributed by atoms with E-state index in [1.807, 2.05) is 0 Å². The number of nitrogens with one attached hydrogen (secondary N) is 1. The topological polar surface area (TPSA) is 35.5 Å². The Balaban J connectivity index is 1.89. The fraction of sp³-hybridized carbons (Fsp3) is 0.647. The maximum absolute atomic E-state index is 9.02. The fourth-order valence-electron chi connectivity index (χ4n) is 2.68. The summed E-state index contributed by atoms with van der Waals surface area (Å²) in [6.45, 7) is 9.99. The van der Waals surface area contributed by atoms with Gasteiger partial charge in [-0.05, 0) is 57.2 Å². The van der Waals surface area contributed by atoms with E-state index in [-0.39, 0.29) is 5.54 Å². The summed E-state index contributed by atoms with van der Waals surface area (Å²) in [5.74, 6) is 0.655. The summed E-state index contributed by atoms with van der Waals surface area (Å²) in [5, 5.41) is 12.5. The lowest BCUT2D eigenvalue weighted by Crippen LogP contribution is -2.35. The lowest BCUT2D eigenvalue weighted by Gasteiger charge is -2.22. The Bertz CT molecular complexity index is 408. The van der Waals surface area contributed by atoms with Crippen molar-refractivity contribution in [3.8, 4) is 0 Å². The Morgan fingerprint density at radius 3 is 2.55 bits per heavy atom. The van der Waals surface area contributed by atoms with Crippen molar-refractivity contribution in [3.63, 3.8) is 0 Å². The van der Waals surface area contributed by atoms with Crippen molar-refractivity contribution in [2.24, 2.45) is 5.92 Å². The standard InChI is InChI=1S/C17H28N2O/c1-17(2,3)18-12-14-4-6-16(7-5-14)19-10-8-15(13-19)9-11-20/h4-7,15,18,20H,8-13H2,1-3H3. The van der Waals surface area contributed by atoms with Crippen LogP contribution in [0, 0.1) is 5.92 Å². The molecule has 112 valence electrons. The van der Waals surface area contributed by atoms with Crippen LogP contribution in [0.5, 0.6) is 0 Å². The monoisotopic (exact) mass is 276 g/mol. The van der Waals surface area contributed by atoms with Crippen molar-refractivity contribution in [2.45, 2.75) is 45.7 Å². The van der Waals surface area contributed by atoms with Crippen LogP contribution in [0.4, 0.5) is 5.69 Å². The number of nitrogens with zero attached hydrogens (tertiary/aromatic N) is 1. The number of benzene rings is 1. The van der Waals surface area contributed by atoms with Crippen LogP contribution in [0.3, 0.4) is 0 Å². The Kier molecular flexibility index (Phi) is 5.06. The Hall–Kier alpha value is -1.06. The molecule has 3 nitrogen and oxygen atoms in total. The molecule has 1 aromatic carbocycles. The van der Waals surface area contributed by atoms with Gasteiger partial charge in [-0.15, -0.1) is 0 Å². The first-order valence-corrected chi connectivity index (χ1v) is 7.68. The van der Waals surface area contributed by atoms with Gasteiger partial charge in [0.15, 0.2) is 0 Å². The van der Waals surface area contributed by atoms with Crippen molar-refractivity contribution in [1.29, 1.82) is 0 Å². The van der Waals surface area contributed by atoms with Gasteiger partial charge in [0.25, 0.3) is 0 Å². The van der Waals surface area contributed by atoms with E-state index in [1.165, 1.54) is 17.7 Å². The number of hydrogen-bond donors (Lipinski definition) is 2. The van der Waals surface area contributed by atoms with Gasteiger partial charge in [0.05, 0.1) is 0 Å². The van der Waals surface area contributed by atoms with Gasteiger partial charge < -0.3 is 15.3 Å². The number of rotatable bonds is 5. The summed E-state index contributed by atoms with van der Waals surface area (Å²) in [7, 11) is 0. The molecule has 1 heterocycles. The predicted molar refractivity (Wildman–Crippen MR) is 85.1 cm³/mol. The van der Waals surface area contributed by atoms with Crippen LogP contribution in [-0.2, 0) is 6.54 Å². The highest BCUT2D eigenvalue weighted by Gasteiger charge is 2.21. The molecule has 2 N–H and O–H groups in total. The van der Waals surface area contributed by atoms with Crippen LogP contribution in [0.25, 0.3) is 0 Å². The smallest absolute Gasteiger partial charge is 0.0434 e. The molecule has 0 radical (unpaired) electrons. The molecule has 1 aliphatic heterocycles. The highest BCUT2D eigenvalue weighted by molar-refractivity contribution is 5.48. The normalized spacial score (nSPS) is 19.6. The van der Waals surface area contributed by atoms with E-state index in [0.717, 1.165) is 26.1 Å². The molecule has 1 saturated heterocycles. The minimum Gasteiger partial charge on any atom is -0.396 e. The summed E-state index contributed by atoms with van der Waals surface area (Å²) < 4.78 is 0. The van der Waals surface area contributed by atoms with Gasteiger partial charge >= 0.3 is 0 Å². The number of anilines is 1. The molecule has 1 atom stereocenters. The summed E-state index contributed by atoms with van der Waals surface area (Å²) >= 11 is 0. The molecule has 1 aliphatic rings. The molecular weight excluding hydrogens is 248 g/mol. The number of hydrogen-bond acceptors (Lipinski definition) is 3. The average Bonchev–Trinajstić information content (AvgIpc) is 2.85. The second kappa shape index (κ2) is 6.59. The predicted octanol–water partition coefficient (Wildman–Crippen LogP) is 2.78. The summed E-state index contributed by atoms with van der Waals surface area (Å²) in [5.41, 5.74) is 2.80. The lowest BCUT2D eigenvalue weighted by molar-refractivity contribution is 0.263. The van der Waals surface area contributed by atoms with Crippen molar-refractivity contribution in [2.75, 3.05) is 24.6 Å². The molecular formula is C17H28N2O. The third kappa shape index (κ3) is 4.50. The zero-order valence-electron chi connectivity index (χ0n) is 13.0. The Morgan fingerprint density at radius 1 is 1.25 bits per heavy atom. The van der Waals surface area contributed by atoms with E-state index in [9.17, 15) is 0 Å². The van der Waals surface area contributed by atoms with E-state index >= 15 is 0 Å². The van der Waals surface area contributed by atoms with Crippen molar-refractivity contribution >= 4 is 5.69 Å². The zero-order chi connectivity index (χ0) is 14.6. The second-order valence-corrected chi connectivity index (χ2v) is 6.88. The van der Waals surface area contributed by atoms with Gasteiger partial charge in [-0.2, -0.15) is 0 Å². The van der Waals surface area contributed by atoms with Crippen molar-refractivity contribution in [1.82, 2.24) is 5.32 Å². The maximum atomic E-state index is 9.02. The number of aliphatic hydroxyl groups excluding tert-OH is 1. The molecule has 0 bridgehead atoms. The molecule has 0 aromatic heterocycles. The van der Waals surface area contributed by atoms with Gasteiger partial charge in [-0.3, -0.25) is 0 Å².